The normalized spacial score (nSPS) is 13.3. The third kappa shape index (κ3) is 2.83. The van der Waals surface area contributed by atoms with Gasteiger partial charge >= 0.3 is 5.97 Å². The zero-order valence-corrected chi connectivity index (χ0v) is 10.3. The molecule has 0 saturated carbocycles. The molecule has 0 heterocycles. The van der Waals surface area contributed by atoms with Crippen molar-refractivity contribution in [1.29, 1.82) is 0 Å². The molecule has 0 aliphatic heterocycles. The van der Waals surface area contributed by atoms with Crippen LogP contribution in [0.3, 0.4) is 0 Å². The lowest BCUT2D eigenvalue weighted by Gasteiger charge is -2.27. The van der Waals surface area contributed by atoms with Crippen LogP contribution < -0.4 is 5.73 Å². The number of carbonyl (C=O) groups is 1. The van der Waals surface area contributed by atoms with E-state index in [9.17, 15) is 4.79 Å². The molecule has 0 amide bonds. The quantitative estimate of drug-likeness (QED) is 0.781. The number of esters is 1. The first-order valence-electron chi connectivity index (χ1n) is 5.30. The topological polar surface area (TPSA) is 52.3 Å². The Labute approximate surface area is 96.6 Å². The van der Waals surface area contributed by atoms with Crippen LogP contribution in [0.1, 0.15) is 42.7 Å². The second kappa shape index (κ2) is 4.66. The number of benzene rings is 1. The Bertz CT molecular complexity index is 380. The van der Waals surface area contributed by atoms with Crippen molar-refractivity contribution in [2.45, 2.75) is 26.8 Å². The van der Waals surface area contributed by atoms with Gasteiger partial charge in [0.2, 0.25) is 0 Å². The van der Waals surface area contributed by atoms with Gasteiger partial charge in [-0.15, -0.1) is 0 Å². The summed E-state index contributed by atoms with van der Waals surface area (Å²) in [6.07, 6.45) is 0. The van der Waals surface area contributed by atoms with E-state index in [-0.39, 0.29) is 17.4 Å². The lowest BCUT2D eigenvalue weighted by Crippen LogP contribution is -2.26. The fourth-order valence-electron chi connectivity index (χ4n) is 1.48. The van der Waals surface area contributed by atoms with Gasteiger partial charge in [0.05, 0.1) is 12.7 Å². The first-order chi connectivity index (χ1) is 7.36. The molecule has 0 aliphatic rings. The summed E-state index contributed by atoms with van der Waals surface area (Å²) in [6, 6.07) is 7.18. The summed E-state index contributed by atoms with van der Waals surface area (Å²) >= 11 is 0. The van der Waals surface area contributed by atoms with Gasteiger partial charge in [0.15, 0.2) is 0 Å². The molecule has 0 unspecified atom stereocenters. The Kier molecular flexibility index (Phi) is 3.70. The van der Waals surface area contributed by atoms with Crippen molar-refractivity contribution in [3.05, 3.63) is 35.4 Å². The van der Waals surface area contributed by atoms with Gasteiger partial charge in [-0.25, -0.2) is 4.79 Å². The predicted molar refractivity (Wildman–Crippen MR) is 64.2 cm³/mol. The monoisotopic (exact) mass is 221 g/mol. The highest BCUT2D eigenvalue weighted by Gasteiger charge is 2.22. The molecule has 1 rings (SSSR count). The largest absolute Gasteiger partial charge is 0.465 e. The van der Waals surface area contributed by atoms with E-state index in [2.05, 4.69) is 25.5 Å². The first kappa shape index (κ1) is 12.7. The summed E-state index contributed by atoms with van der Waals surface area (Å²) in [5.41, 5.74) is 7.59. The van der Waals surface area contributed by atoms with E-state index in [0.29, 0.717) is 5.56 Å². The smallest absolute Gasteiger partial charge is 0.337 e. The highest BCUT2D eigenvalue weighted by atomic mass is 16.5. The molecule has 0 fully saturated rings. The van der Waals surface area contributed by atoms with E-state index < -0.39 is 0 Å². The van der Waals surface area contributed by atoms with Gasteiger partial charge in [-0.3, -0.25) is 0 Å². The summed E-state index contributed by atoms with van der Waals surface area (Å²) in [5, 5.41) is 0. The minimum absolute atomic E-state index is 0.0330. The molecule has 3 heteroatoms. The Morgan fingerprint density at radius 1 is 1.38 bits per heavy atom. The fraction of sp³-hybridized carbons (Fsp3) is 0.462. The molecular weight excluding hydrogens is 202 g/mol. The van der Waals surface area contributed by atoms with Crippen LogP contribution in [0.4, 0.5) is 0 Å². The zero-order valence-electron chi connectivity index (χ0n) is 10.3. The predicted octanol–water partition coefficient (Wildman–Crippen LogP) is 2.52. The third-order valence-electron chi connectivity index (χ3n) is 2.60. The second-order valence-corrected chi connectivity index (χ2v) is 4.96. The van der Waals surface area contributed by atoms with Crippen LogP contribution in [-0.2, 0) is 4.74 Å². The van der Waals surface area contributed by atoms with Crippen molar-refractivity contribution in [1.82, 2.24) is 0 Å². The van der Waals surface area contributed by atoms with Crippen LogP contribution in [0, 0.1) is 5.41 Å². The summed E-state index contributed by atoms with van der Waals surface area (Å²) in [6.45, 7) is 6.22. The zero-order chi connectivity index (χ0) is 12.3. The highest BCUT2D eigenvalue weighted by Crippen LogP contribution is 2.30. The van der Waals surface area contributed by atoms with E-state index in [0.717, 1.165) is 5.56 Å². The van der Waals surface area contributed by atoms with Gasteiger partial charge < -0.3 is 10.5 Å². The first-order valence-corrected chi connectivity index (χ1v) is 5.30. The fourth-order valence-corrected chi connectivity index (χ4v) is 1.48. The molecule has 0 saturated heterocycles. The molecule has 1 atom stereocenters. The lowest BCUT2D eigenvalue weighted by atomic mass is 9.83. The number of rotatable bonds is 2. The molecular formula is C13H19NO2. The maximum Gasteiger partial charge on any atom is 0.337 e. The summed E-state index contributed by atoms with van der Waals surface area (Å²) in [4.78, 5) is 11.4. The number of nitrogens with two attached hydrogens (primary N) is 1. The number of methoxy groups -OCH3 is 1. The number of ether oxygens (including phenoxy) is 1. The van der Waals surface area contributed by atoms with Gasteiger partial charge in [0.1, 0.15) is 0 Å². The average Bonchev–Trinajstić information content (AvgIpc) is 2.26. The van der Waals surface area contributed by atoms with Gasteiger partial charge in [-0.05, 0) is 23.1 Å². The van der Waals surface area contributed by atoms with E-state index in [1.54, 1.807) is 12.1 Å². The van der Waals surface area contributed by atoms with Crippen molar-refractivity contribution >= 4 is 5.97 Å². The Morgan fingerprint density at radius 3 is 2.50 bits per heavy atom. The van der Waals surface area contributed by atoms with Crippen LogP contribution in [0.25, 0.3) is 0 Å². The molecule has 0 aromatic heterocycles. The van der Waals surface area contributed by atoms with Gasteiger partial charge in [-0.1, -0.05) is 32.9 Å². The minimum Gasteiger partial charge on any atom is -0.465 e. The third-order valence-corrected chi connectivity index (χ3v) is 2.60. The van der Waals surface area contributed by atoms with E-state index in [1.807, 2.05) is 12.1 Å². The van der Waals surface area contributed by atoms with Crippen molar-refractivity contribution in [2.75, 3.05) is 7.11 Å². The summed E-state index contributed by atoms with van der Waals surface area (Å²) in [5.74, 6) is -0.331. The molecule has 0 spiro atoms. The minimum atomic E-state index is -0.331. The van der Waals surface area contributed by atoms with Gasteiger partial charge in [-0.2, -0.15) is 0 Å². The van der Waals surface area contributed by atoms with Crippen molar-refractivity contribution in [3.63, 3.8) is 0 Å². The number of hydrogen-bond acceptors (Lipinski definition) is 3. The molecule has 88 valence electrons. The van der Waals surface area contributed by atoms with Crippen LogP contribution in [0.15, 0.2) is 24.3 Å². The standard InChI is InChI=1S/C13H19NO2/c1-13(2,3)11(14)9-6-5-7-10(8-9)12(15)16-4/h5-8,11H,14H2,1-4H3/t11-/m1/s1. The van der Waals surface area contributed by atoms with Gasteiger partial charge in [0, 0.05) is 6.04 Å². The molecule has 0 aliphatic carbocycles. The maximum atomic E-state index is 11.4. The lowest BCUT2D eigenvalue weighted by molar-refractivity contribution is 0.0600. The van der Waals surface area contributed by atoms with Crippen LogP contribution >= 0.6 is 0 Å². The van der Waals surface area contributed by atoms with Crippen LogP contribution in [-0.4, -0.2) is 13.1 Å². The summed E-state index contributed by atoms with van der Waals surface area (Å²) < 4.78 is 4.68. The summed E-state index contributed by atoms with van der Waals surface area (Å²) in [7, 11) is 1.37. The maximum absolute atomic E-state index is 11.4. The molecule has 1 aromatic rings. The molecule has 0 radical (unpaired) electrons. The van der Waals surface area contributed by atoms with E-state index in [4.69, 9.17) is 5.73 Å². The SMILES string of the molecule is COC(=O)c1cccc([C@@H](N)C(C)(C)C)c1. The molecule has 2 N–H and O–H groups in total. The number of hydrogen-bond donors (Lipinski definition) is 1. The Hall–Kier alpha value is -1.35. The van der Waals surface area contributed by atoms with Crippen molar-refractivity contribution in [3.8, 4) is 0 Å². The molecule has 1 aromatic carbocycles. The van der Waals surface area contributed by atoms with E-state index in [1.165, 1.54) is 7.11 Å². The molecule has 3 nitrogen and oxygen atoms in total. The van der Waals surface area contributed by atoms with Crippen LogP contribution in [0.5, 0.6) is 0 Å². The second-order valence-electron chi connectivity index (χ2n) is 4.96. The number of carbonyl (C=O) groups excluding carboxylic acids is 1. The Balaban J connectivity index is 3.03. The average molecular weight is 221 g/mol. The van der Waals surface area contributed by atoms with Crippen molar-refractivity contribution < 1.29 is 9.53 Å². The van der Waals surface area contributed by atoms with E-state index >= 15 is 0 Å². The van der Waals surface area contributed by atoms with Crippen molar-refractivity contribution in [2.24, 2.45) is 11.1 Å². The highest BCUT2D eigenvalue weighted by molar-refractivity contribution is 5.89. The van der Waals surface area contributed by atoms with Gasteiger partial charge in [0.25, 0.3) is 0 Å². The Morgan fingerprint density at radius 2 is 2.00 bits per heavy atom. The van der Waals surface area contributed by atoms with Crippen LogP contribution in [0.2, 0.25) is 0 Å². The molecule has 16 heavy (non-hydrogen) atoms. The molecule has 0 bridgehead atoms.